The van der Waals surface area contributed by atoms with Crippen LogP contribution in [0.2, 0.25) is 0 Å². The number of hydrogen-bond acceptors (Lipinski definition) is 4. The van der Waals surface area contributed by atoms with E-state index in [2.05, 4.69) is 53.2 Å². The largest absolute Gasteiger partial charge is 0.309 e. The molecule has 1 aromatic carbocycles. The number of aromatic nitrogens is 2. The quantitative estimate of drug-likeness (QED) is 0.723. The van der Waals surface area contributed by atoms with E-state index < -0.39 is 0 Å². The minimum Gasteiger partial charge on any atom is -0.309 e. The summed E-state index contributed by atoms with van der Waals surface area (Å²) in [5.41, 5.74) is 2.45. The molecule has 21 heavy (non-hydrogen) atoms. The van der Waals surface area contributed by atoms with Crippen molar-refractivity contribution >= 4 is 21.4 Å². The summed E-state index contributed by atoms with van der Waals surface area (Å²) < 4.78 is 1.37. The number of thiophene rings is 1. The van der Waals surface area contributed by atoms with Crippen LogP contribution in [0.15, 0.2) is 42.9 Å². The first-order valence-corrected chi connectivity index (χ1v) is 7.94. The maximum absolute atomic E-state index is 4.43. The van der Waals surface area contributed by atoms with E-state index in [0.717, 1.165) is 25.1 Å². The molecule has 0 aliphatic heterocycles. The van der Waals surface area contributed by atoms with Crippen LogP contribution in [0.5, 0.6) is 0 Å². The molecule has 0 saturated heterocycles. The first-order chi connectivity index (χ1) is 10.2. The Morgan fingerprint density at radius 2 is 2.00 bits per heavy atom. The third-order valence-electron chi connectivity index (χ3n) is 3.54. The van der Waals surface area contributed by atoms with Gasteiger partial charge in [-0.2, -0.15) is 0 Å². The van der Waals surface area contributed by atoms with E-state index in [1.54, 1.807) is 12.4 Å². The number of nitrogens with zero attached hydrogens (tertiary/aromatic N) is 3. The maximum atomic E-state index is 4.43. The Morgan fingerprint density at radius 1 is 1.14 bits per heavy atom. The first-order valence-electron chi connectivity index (χ1n) is 7.13. The van der Waals surface area contributed by atoms with E-state index in [4.69, 9.17) is 0 Å². The number of rotatable bonds is 5. The van der Waals surface area contributed by atoms with Crippen LogP contribution in [0.4, 0.5) is 0 Å². The molecule has 0 amide bonds. The van der Waals surface area contributed by atoms with Crippen LogP contribution in [-0.4, -0.2) is 35.5 Å². The molecule has 0 N–H and O–H groups in total. The monoisotopic (exact) mass is 297 g/mol. The van der Waals surface area contributed by atoms with Gasteiger partial charge in [0, 0.05) is 41.1 Å². The SMILES string of the molecule is CN(C)CCc1sc2ccccc2c1Cc1cnccn1. The average Bonchev–Trinajstić information content (AvgIpc) is 2.84. The van der Waals surface area contributed by atoms with Gasteiger partial charge in [-0.05, 0) is 37.5 Å². The molecule has 0 radical (unpaired) electrons. The Bertz CT molecular complexity index is 719. The minimum absolute atomic E-state index is 0.862. The molecule has 0 spiro atoms. The van der Waals surface area contributed by atoms with Gasteiger partial charge in [-0.15, -0.1) is 11.3 Å². The summed E-state index contributed by atoms with van der Waals surface area (Å²) in [4.78, 5) is 12.3. The molecular formula is C17H19N3S. The molecule has 0 unspecified atom stereocenters. The molecule has 0 saturated carbocycles. The lowest BCUT2D eigenvalue weighted by Crippen LogP contribution is -2.15. The zero-order chi connectivity index (χ0) is 14.7. The molecule has 2 heterocycles. The number of benzene rings is 1. The Balaban J connectivity index is 1.99. The van der Waals surface area contributed by atoms with Crippen LogP contribution in [0, 0.1) is 0 Å². The third kappa shape index (κ3) is 3.28. The summed E-state index contributed by atoms with van der Waals surface area (Å²) in [5.74, 6) is 0. The molecule has 3 rings (SSSR count). The number of fused-ring (bicyclic) bond motifs is 1. The fraction of sp³-hybridized carbons (Fsp3) is 0.294. The van der Waals surface area contributed by atoms with E-state index in [-0.39, 0.29) is 0 Å². The van der Waals surface area contributed by atoms with E-state index in [0.29, 0.717) is 0 Å². The second-order valence-corrected chi connectivity index (χ2v) is 6.56. The van der Waals surface area contributed by atoms with Gasteiger partial charge in [0.05, 0.1) is 5.69 Å². The molecule has 108 valence electrons. The molecule has 2 aromatic heterocycles. The van der Waals surface area contributed by atoms with E-state index in [1.807, 2.05) is 17.5 Å². The Hall–Kier alpha value is -1.78. The normalized spacial score (nSPS) is 11.4. The molecule has 0 bridgehead atoms. The fourth-order valence-corrected chi connectivity index (χ4v) is 3.68. The summed E-state index contributed by atoms with van der Waals surface area (Å²) in [5, 5.41) is 1.36. The number of hydrogen-bond donors (Lipinski definition) is 0. The fourth-order valence-electron chi connectivity index (χ4n) is 2.47. The molecule has 3 aromatic rings. The predicted octanol–water partition coefficient (Wildman–Crippen LogP) is 3.39. The van der Waals surface area contributed by atoms with Crippen molar-refractivity contribution in [2.24, 2.45) is 0 Å². The van der Waals surface area contributed by atoms with Crippen LogP contribution < -0.4 is 0 Å². The zero-order valence-corrected chi connectivity index (χ0v) is 13.2. The van der Waals surface area contributed by atoms with Gasteiger partial charge < -0.3 is 4.90 Å². The Morgan fingerprint density at radius 3 is 2.76 bits per heavy atom. The highest BCUT2D eigenvalue weighted by molar-refractivity contribution is 7.19. The lowest BCUT2D eigenvalue weighted by molar-refractivity contribution is 0.414. The van der Waals surface area contributed by atoms with Crippen LogP contribution in [-0.2, 0) is 12.8 Å². The Labute approximate surface area is 129 Å². The van der Waals surface area contributed by atoms with Gasteiger partial charge in [0.1, 0.15) is 0 Å². The summed E-state index contributed by atoms with van der Waals surface area (Å²) in [6.45, 7) is 1.07. The van der Waals surface area contributed by atoms with E-state index in [1.165, 1.54) is 20.5 Å². The summed E-state index contributed by atoms with van der Waals surface area (Å²) in [6, 6.07) is 8.65. The van der Waals surface area contributed by atoms with Crippen molar-refractivity contribution in [1.29, 1.82) is 0 Å². The topological polar surface area (TPSA) is 29.0 Å². The van der Waals surface area contributed by atoms with Crippen molar-refractivity contribution < 1.29 is 0 Å². The highest BCUT2D eigenvalue weighted by Gasteiger charge is 2.13. The second kappa shape index (κ2) is 6.33. The van der Waals surface area contributed by atoms with E-state index >= 15 is 0 Å². The lowest BCUT2D eigenvalue weighted by Gasteiger charge is -2.09. The molecular weight excluding hydrogens is 278 g/mol. The molecule has 0 fully saturated rings. The predicted molar refractivity (Wildman–Crippen MR) is 88.9 cm³/mol. The molecule has 4 heteroatoms. The first kappa shape index (κ1) is 14.2. The van der Waals surface area contributed by atoms with Gasteiger partial charge in [0.2, 0.25) is 0 Å². The standard InChI is InChI=1S/C17H19N3S/c1-20(2)10-7-17-15(11-13-12-18-8-9-19-13)14-5-3-4-6-16(14)21-17/h3-6,8-9,12H,7,10-11H2,1-2H3. The smallest absolute Gasteiger partial charge is 0.0631 e. The van der Waals surface area contributed by atoms with Crippen LogP contribution in [0.1, 0.15) is 16.1 Å². The van der Waals surface area contributed by atoms with Crippen molar-refractivity contribution in [3.8, 4) is 0 Å². The zero-order valence-electron chi connectivity index (χ0n) is 12.4. The van der Waals surface area contributed by atoms with Gasteiger partial charge in [-0.25, -0.2) is 0 Å². The summed E-state index contributed by atoms with van der Waals surface area (Å²) >= 11 is 1.91. The molecule has 0 aliphatic rings. The number of likely N-dealkylation sites (N-methyl/N-ethyl adjacent to an activating group) is 1. The molecule has 3 nitrogen and oxygen atoms in total. The minimum atomic E-state index is 0.862. The Kier molecular flexibility index (Phi) is 4.27. The van der Waals surface area contributed by atoms with Crippen molar-refractivity contribution in [3.05, 3.63) is 59.0 Å². The average molecular weight is 297 g/mol. The lowest BCUT2D eigenvalue weighted by atomic mass is 10.0. The van der Waals surface area contributed by atoms with Crippen LogP contribution in [0.25, 0.3) is 10.1 Å². The van der Waals surface area contributed by atoms with Crippen molar-refractivity contribution in [1.82, 2.24) is 14.9 Å². The van der Waals surface area contributed by atoms with Crippen LogP contribution >= 0.6 is 11.3 Å². The molecule has 0 atom stereocenters. The van der Waals surface area contributed by atoms with Gasteiger partial charge >= 0.3 is 0 Å². The van der Waals surface area contributed by atoms with Gasteiger partial charge in [-0.3, -0.25) is 9.97 Å². The van der Waals surface area contributed by atoms with Gasteiger partial charge in [0.15, 0.2) is 0 Å². The summed E-state index contributed by atoms with van der Waals surface area (Å²) in [6.07, 6.45) is 7.30. The highest BCUT2D eigenvalue weighted by Crippen LogP contribution is 2.33. The van der Waals surface area contributed by atoms with Crippen molar-refractivity contribution in [2.75, 3.05) is 20.6 Å². The molecule has 0 aliphatic carbocycles. The maximum Gasteiger partial charge on any atom is 0.0631 e. The third-order valence-corrected chi connectivity index (χ3v) is 4.82. The van der Waals surface area contributed by atoms with E-state index in [9.17, 15) is 0 Å². The summed E-state index contributed by atoms with van der Waals surface area (Å²) in [7, 11) is 4.24. The second-order valence-electron chi connectivity index (χ2n) is 5.43. The van der Waals surface area contributed by atoms with Gasteiger partial charge in [0.25, 0.3) is 0 Å². The van der Waals surface area contributed by atoms with Crippen molar-refractivity contribution in [3.63, 3.8) is 0 Å². The highest BCUT2D eigenvalue weighted by atomic mass is 32.1. The van der Waals surface area contributed by atoms with Crippen LogP contribution in [0.3, 0.4) is 0 Å². The van der Waals surface area contributed by atoms with Gasteiger partial charge in [-0.1, -0.05) is 18.2 Å². The van der Waals surface area contributed by atoms with Crippen molar-refractivity contribution in [2.45, 2.75) is 12.8 Å².